The highest BCUT2D eigenvalue weighted by Crippen LogP contribution is 2.28. The van der Waals surface area contributed by atoms with Crippen LogP contribution in [0.3, 0.4) is 0 Å². The Morgan fingerprint density at radius 3 is 2.42 bits per heavy atom. The minimum absolute atomic E-state index is 0.319. The summed E-state index contributed by atoms with van der Waals surface area (Å²) in [6, 6.07) is 10.3. The third kappa shape index (κ3) is 3.52. The summed E-state index contributed by atoms with van der Waals surface area (Å²) in [5, 5.41) is 3.11. The fraction of sp³-hybridized carbons (Fsp3) is 0. The summed E-state index contributed by atoms with van der Waals surface area (Å²) in [6.07, 6.45) is 0. The first-order chi connectivity index (χ1) is 8.97. The topological polar surface area (TPSA) is 38.0 Å². The monoisotopic (exact) mass is 402 g/mol. The number of hydrogen-bond donors (Lipinski definition) is 2. The average Bonchev–Trinajstić information content (AvgIpc) is 2.36. The summed E-state index contributed by atoms with van der Waals surface area (Å²) in [5.41, 5.74) is 7.79. The highest BCUT2D eigenvalue weighted by Gasteiger charge is 2.05. The Morgan fingerprint density at radius 1 is 1.11 bits per heavy atom. The molecule has 0 unspecified atom stereocenters. The molecule has 0 bridgehead atoms. The van der Waals surface area contributed by atoms with Crippen LogP contribution in [-0.4, -0.2) is 4.99 Å². The third-order valence-electron chi connectivity index (χ3n) is 2.45. The van der Waals surface area contributed by atoms with Crippen molar-refractivity contribution in [3.8, 4) is 0 Å². The summed E-state index contributed by atoms with van der Waals surface area (Å²) >= 11 is 11.4. The first kappa shape index (κ1) is 14.4. The molecule has 0 atom stereocenters. The van der Waals surface area contributed by atoms with Crippen molar-refractivity contribution in [3.63, 3.8) is 0 Å². The van der Waals surface area contributed by atoms with Crippen molar-refractivity contribution in [2.75, 3.05) is 5.32 Å². The maximum atomic E-state index is 13.4. The Hall–Kier alpha value is -0.980. The molecular weight excluding hydrogens is 395 g/mol. The van der Waals surface area contributed by atoms with Crippen LogP contribution in [0.25, 0.3) is 0 Å². The smallest absolute Gasteiger partial charge is 0.139 e. The van der Waals surface area contributed by atoms with Crippen molar-refractivity contribution in [2.45, 2.75) is 0 Å². The lowest BCUT2D eigenvalue weighted by atomic mass is 10.2. The van der Waals surface area contributed by atoms with E-state index in [1.54, 1.807) is 12.1 Å². The van der Waals surface area contributed by atoms with Crippen LogP contribution in [0.4, 0.5) is 15.8 Å². The molecule has 0 saturated heterocycles. The normalized spacial score (nSPS) is 10.3. The van der Waals surface area contributed by atoms with Gasteiger partial charge in [0, 0.05) is 15.7 Å². The van der Waals surface area contributed by atoms with Gasteiger partial charge in [-0.05, 0) is 68.3 Å². The van der Waals surface area contributed by atoms with Gasteiger partial charge in [0.15, 0.2) is 0 Å². The lowest BCUT2D eigenvalue weighted by molar-refractivity contribution is 0.622. The zero-order valence-corrected chi connectivity index (χ0v) is 13.6. The highest BCUT2D eigenvalue weighted by molar-refractivity contribution is 9.10. The molecule has 2 aromatic rings. The van der Waals surface area contributed by atoms with E-state index in [0.717, 1.165) is 15.7 Å². The number of nitrogens with two attached hydrogens (primary N) is 1. The summed E-state index contributed by atoms with van der Waals surface area (Å²) in [4.78, 5) is 0.335. The summed E-state index contributed by atoms with van der Waals surface area (Å²) < 4.78 is 14.7. The first-order valence-corrected chi connectivity index (χ1v) is 7.28. The fourth-order valence-electron chi connectivity index (χ4n) is 1.50. The van der Waals surface area contributed by atoms with Gasteiger partial charge >= 0.3 is 0 Å². The van der Waals surface area contributed by atoms with Gasteiger partial charge in [-0.1, -0.05) is 12.2 Å². The molecule has 0 spiro atoms. The van der Waals surface area contributed by atoms with Gasteiger partial charge in [0.25, 0.3) is 0 Å². The summed E-state index contributed by atoms with van der Waals surface area (Å²) in [6.45, 7) is 0. The van der Waals surface area contributed by atoms with E-state index in [9.17, 15) is 4.39 Å². The van der Waals surface area contributed by atoms with Crippen LogP contribution in [0.15, 0.2) is 45.3 Å². The van der Waals surface area contributed by atoms with Gasteiger partial charge in [0.1, 0.15) is 10.8 Å². The molecule has 2 aromatic carbocycles. The molecule has 2 nitrogen and oxygen atoms in total. The summed E-state index contributed by atoms with van der Waals surface area (Å²) in [7, 11) is 0. The van der Waals surface area contributed by atoms with Crippen LogP contribution in [0.5, 0.6) is 0 Å². The van der Waals surface area contributed by atoms with E-state index in [-0.39, 0.29) is 5.82 Å². The molecule has 6 heteroatoms. The second-order valence-corrected chi connectivity index (χ2v) is 5.96. The number of anilines is 2. The predicted octanol–water partition coefficient (Wildman–Crippen LogP) is 4.73. The number of thiocarbonyl (C=S) groups is 1. The molecule has 98 valence electrons. The zero-order valence-electron chi connectivity index (χ0n) is 9.58. The van der Waals surface area contributed by atoms with Gasteiger partial charge in [-0.25, -0.2) is 4.39 Å². The van der Waals surface area contributed by atoms with Gasteiger partial charge in [-0.15, -0.1) is 0 Å². The van der Waals surface area contributed by atoms with Crippen LogP contribution in [-0.2, 0) is 0 Å². The lowest BCUT2D eigenvalue weighted by Gasteiger charge is -2.10. The Kier molecular flexibility index (Phi) is 4.54. The van der Waals surface area contributed by atoms with E-state index in [1.165, 1.54) is 6.07 Å². The van der Waals surface area contributed by atoms with Crippen LogP contribution >= 0.6 is 44.1 Å². The molecule has 0 heterocycles. The largest absolute Gasteiger partial charge is 0.389 e. The molecule has 0 aromatic heterocycles. The standard InChI is InChI=1S/C13H9Br2FN2S/c14-9-3-2-8(6-11(9)16)18-12-4-1-7(13(17)19)5-10(12)15/h1-6,18H,(H2,17,19). The molecule has 0 aliphatic carbocycles. The summed E-state index contributed by atoms with van der Waals surface area (Å²) in [5.74, 6) is -0.319. The van der Waals surface area contributed by atoms with Crippen molar-refractivity contribution < 1.29 is 4.39 Å². The number of rotatable bonds is 3. The van der Waals surface area contributed by atoms with Crippen LogP contribution in [0.1, 0.15) is 5.56 Å². The van der Waals surface area contributed by atoms with Gasteiger partial charge in [-0.3, -0.25) is 0 Å². The first-order valence-electron chi connectivity index (χ1n) is 5.29. The van der Waals surface area contributed by atoms with Crippen LogP contribution < -0.4 is 11.1 Å². The molecule has 2 rings (SSSR count). The number of benzene rings is 2. The average molecular weight is 404 g/mol. The number of nitrogens with one attached hydrogen (secondary N) is 1. The minimum Gasteiger partial charge on any atom is -0.389 e. The van der Waals surface area contributed by atoms with Crippen molar-refractivity contribution in [3.05, 3.63) is 56.7 Å². The van der Waals surface area contributed by atoms with Crippen LogP contribution in [0.2, 0.25) is 0 Å². The van der Waals surface area contributed by atoms with Gasteiger partial charge < -0.3 is 11.1 Å². The van der Waals surface area contributed by atoms with Crippen molar-refractivity contribution in [1.29, 1.82) is 0 Å². The van der Waals surface area contributed by atoms with Gasteiger partial charge in [0.05, 0.1) is 10.2 Å². The van der Waals surface area contributed by atoms with Crippen molar-refractivity contribution in [2.24, 2.45) is 5.73 Å². The second-order valence-electron chi connectivity index (χ2n) is 3.81. The number of halogens is 3. The maximum Gasteiger partial charge on any atom is 0.139 e. The van der Waals surface area contributed by atoms with Gasteiger partial charge in [-0.2, -0.15) is 0 Å². The fourth-order valence-corrected chi connectivity index (χ4v) is 2.35. The quantitative estimate of drug-likeness (QED) is 0.727. The molecule has 0 radical (unpaired) electrons. The Bertz CT molecular complexity index is 647. The van der Waals surface area contributed by atoms with Crippen molar-refractivity contribution in [1.82, 2.24) is 0 Å². The zero-order chi connectivity index (χ0) is 14.0. The lowest BCUT2D eigenvalue weighted by Crippen LogP contribution is -2.09. The Morgan fingerprint density at radius 2 is 1.84 bits per heavy atom. The van der Waals surface area contributed by atoms with Crippen LogP contribution in [0, 0.1) is 5.82 Å². The predicted molar refractivity (Wildman–Crippen MR) is 87.4 cm³/mol. The maximum absolute atomic E-state index is 13.4. The molecule has 0 fully saturated rings. The number of hydrogen-bond acceptors (Lipinski definition) is 2. The second kappa shape index (κ2) is 5.98. The van der Waals surface area contributed by atoms with E-state index in [1.807, 2.05) is 18.2 Å². The molecule has 0 amide bonds. The molecule has 19 heavy (non-hydrogen) atoms. The third-order valence-corrected chi connectivity index (χ3v) is 3.99. The minimum atomic E-state index is -0.319. The van der Waals surface area contributed by atoms with E-state index < -0.39 is 0 Å². The van der Waals surface area contributed by atoms with E-state index in [4.69, 9.17) is 18.0 Å². The molecule has 0 aliphatic rings. The van der Waals surface area contributed by atoms with E-state index in [0.29, 0.717) is 15.1 Å². The van der Waals surface area contributed by atoms with E-state index >= 15 is 0 Å². The Balaban J connectivity index is 2.28. The molecule has 0 saturated carbocycles. The highest BCUT2D eigenvalue weighted by atomic mass is 79.9. The Labute approximate surface area is 132 Å². The molecular formula is C13H9Br2FN2S. The molecule has 0 aliphatic heterocycles. The van der Waals surface area contributed by atoms with E-state index in [2.05, 4.69) is 37.2 Å². The SMILES string of the molecule is NC(=S)c1ccc(Nc2ccc(Br)c(F)c2)c(Br)c1. The van der Waals surface area contributed by atoms with Crippen molar-refractivity contribution >= 4 is 60.4 Å². The molecule has 3 N–H and O–H groups in total. The van der Waals surface area contributed by atoms with Gasteiger partial charge in [0.2, 0.25) is 0 Å².